The number of piperazine rings is 1. The summed E-state index contributed by atoms with van der Waals surface area (Å²) in [6.45, 7) is 4.52. The number of anilines is 3. The van der Waals surface area contributed by atoms with Crippen LogP contribution in [0.1, 0.15) is 35.3 Å². The van der Waals surface area contributed by atoms with Crippen molar-refractivity contribution in [2.24, 2.45) is 0 Å². The van der Waals surface area contributed by atoms with Gasteiger partial charge < -0.3 is 20.1 Å². The van der Waals surface area contributed by atoms with Crippen LogP contribution in [0.4, 0.5) is 43.7 Å². The summed E-state index contributed by atoms with van der Waals surface area (Å²) < 4.78 is 86.6. The van der Waals surface area contributed by atoms with Gasteiger partial charge in [-0.1, -0.05) is 6.08 Å². The summed E-state index contributed by atoms with van der Waals surface area (Å²) in [5.74, 6) is -4.02. The van der Waals surface area contributed by atoms with Crippen LogP contribution in [-0.4, -0.2) is 71.1 Å². The standard InChI is InChI=1S/C28H27F6N7O2/c1-14-11-41(12-15(2)39(14)3)21-7-20(30)23(16-4-5-40(13-16)27-36-8-17(29)9-37-27)24(31)25(21)38-26(43)18-10-35-22(42)6-19(18)28(32,33)34/h4,6-10,14-15H,5,11-13H2,1-3H3,(H,35,42)(H,38,43)/t14-,15+. The molecule has 9 nitrogen and oxygen atoms in total. The number of H-pyrrole nitrogens is 1. The largest absolute Gasteiger partial charge is 0.417 e. The molecule has 0 saturated carbocycles. The highest BCUT2D eigenvalue weighted by atomic mass is 19.4. The predicted octanol–water partition coefficient (Wildman–Crippen LogP) is 4.29. The number of nitrogens with one attached hydrogen (secondary N) is 2. The van der Waals surface area contributed by atoms with Crippen LogP contribution in [0.3, 0.4) is 0 Å². The number of amides is 1. The molecule has 2 atom stereocenters. The number of hydrogen-bond donors (Lipinski definition) is 2. The molecule has 4 heterocycles. The monoisotopic (exact) mass is 607 g/mol. The van der Waals surface area contributed by atoms with E-state index in [0.29, 0.717) is 19.3 Å². The quantitative estimate of drug-likeness (QED) is 0.418. The van der Waals surface area contributed by atoms with Gasteiger partial charge in [0.2, 0.25) is 11.5 Å². The van der Waals surface area contributed by atoms with E-state index in [4.69, 9.17) is 0 Å². The molecular weight excluding hydrogens is 580 g/mol. The molecule has 1 amide bonds. The molecule has 3 aromatic rings. The topological polar surface area (TPSA) is 97.5 Å². The molecule has 2 aliphatic heterocycles. The van der Waals surface area contributed by atoms with Crippen molar-refractivity contribution < 1.29 is 31.1 Å². The Bertz CT molecular complexity index is 1630. The number of pyridine rings is 1. The van der Waals surface area contributed by atoms with E-state index in [-0.39, 0.29) is 48.4 Å². The minimum absolute atomic E-state index is 0.0470. The van der Waals surface area contributed by atoms with E-state index < -0.39 is 57.5 Å². The average Bonchev–Trinajstić information content (AvgIpc) is 3.42. The molecule has 228 valence electrons. The highest BCUT2D eigenvalue weighted by Crippen LogP contribution is 2.40. The molecule has 0 spiro atoms. The molecule has 2 aromatic heterocycles. The third-order valence-electron chi connectivity index (χ3n) is 7.74. The lowest BCUT2D eigenvalue weighted by molar-refractivity contribution is -0.138. The highest BCUT2D eigenvalue weighted by Gasteiger charge is 2.37. The number of benzene rings is 1. The number of nitrogens with zero attached hydrogens (tertiary/aromatic N) is 5. The second kappa shape index (κ2) is 11.4. The first-order chi connectivity index (χ1) is 20.2. The van der Waals surface area contributed by atoms with Crippen molar-refractivity contribution in [3.63, 3.8) is 0 Å². The Labute approximate surface area is 241 Å². The molecule has 0 unspecified atom stereocenters. The van der Waals surface area contributed by atoms with Crippen molar-refractivity contribution in [1.29, 1.82) is 0 Å². The van der Waals surface area contributed by atoms with Gasteiger partial charge in [-0.05, 0) is 26.5 Å². The summed E-state index contributed by atoms with van der Waals surface area (Å²) in [6.07, 6.45) is -1.03. The molecule has 43 heavy (non-hydrogen) atoms. The Hall–Kier alpha value is -4.40. The third kappa shape index (κ3) is 5.94. The zero-order valence-electron chi connectivity index (χ0n) is 23.3. The molecule has 5 rings (SSSR count). The van der Waals surface area contributed by atoms with Gasteiger partial charge in [-0.2, -0.15) is 13.2 Å². The Kier molecular flexibility index (Phi) is 7.94. The molecule has 15 heteroatoms. The Morgan fingerprint density at radius 2 is 1.70 bits per heavy atom. The summed E-state index contributed by atoms with van der Waals surface area (Å²) in [6, 6.07) is 1.17. The zero-order valence-corrected chi connectivity index (χ0v) is 23.3. The summed E-state index contributed by atoms with van der Waals surface area (Å²) >= 11 is 0. The van der Waals surface area contributed by atoms with Crippen molar-refractivity contribution in [3.8, 4) is 0 Å². The van der Waals surface area contributed by atoms with Gasteiger partial charge in [0, 0.05) is 56.6 Å². The second-order valence-corrected chi connectivity index (χ2v) is 10.6. The maximum atomic E-state index is 16.4. The lowest BCUT2D eigenvalue weighted by atomic mass is 10.0. The van der Waals surface area contributed by atoms with Crippen LogP contribution in [0.25, 0.3) is 5.57 Å². The smallest absolute Gasteiger partial charge is 0.367 e. The van der Waals surface area contributed by atoms with Crippen molar-refractivity contribution in [1.82, 2.24) is 19.9 Å². The number of aromatic nitrogens is 3. The van der Waals surface area contributed by atoms with Crippen molar-refractivity contribution in [2.45, 2.75) is 32.1 Å². The number of carbonyl (C=O) groups excluding carboxylic acids is 1. The van der Waals surface area contributed by atoms with Gasteiger partial charge in [0.1, 0.15) is 11.5 Å². The SMILES string of the molecule is C[C@@H]1CN(c2cc(F)c(C3=CCN(c4ncc(F)cn4)C3)c(F)c2NC(=O)c2c[nH]c(=O)cc2C(F)(F)F)C[C@H](C)N1C. The van der Waals surface area contributed by atoms with E-state index in [1.807, 2.05) is 25.9 Å². The van der Waals surface area contributed by atoms with Gasteiger partial charge in [-0.15, -0.1) is 0 Å². The van der Waals surface area contributed by atoms with Gasteiger partial charge in [-0.3, -0.25) is 14.5 Å². The first-order valence-electron chi connectivity index (χ1n) is 13.3. The summed E-state index contributed by atoms with van der Waals surface area (Å²) in [5, 5.41) is 2.24. The number of hydrogen-bond acceptors (Lipinski definition) is 7. The van der Waals surface area contributed by atoms with Gasteiger partial charge in [-0.25, -0.2) is 23.1 Å². The van der Waals surface area contributed by atoms with Crippen LogP contribution in [0.5, 0.6) is 0 Å². The van der Waals surface area contributed by atoms with Crippen LogP contribution >= 0.6 is 0 Å². The van der Waals surface area contributed by atoms with E-state index >= 15 is 8.78 Å². The molecule has 1 saturated heterocycles. The van der Waals surface area contributed by atoms with Crippen molar-refractivity contribution >= 4 is 28.8 Å². The van der Waals surface area contributed by atoms with E-state index in [1.54, 1.807) is 9.80 Å². The highest BCUT2D eigenvalue weighted by molar-refractivity contribution is 6.07. The van der Waals surface area contributed by atoms with Gasteiger partial charge >= 0.3 is 6.18 Å². The minimum Gasteiger partial charge on any atom is -0.367 e. The number of alkyl halides is 3. The Balaban J connectivity index is 1.57. The maximum absolute atomic E-state index is 16.4. The molecule has 0 radical (unpaired) electrons. The van der Waals surface area contributed by atoms with Crippen LogP contribution in [-0.2, 0) is 6.18 Å². The fourth-order valence-electron chi connectivity index (χ4n) is 5.30. The molecule has 0 bridgehead atoms. The zero-order chi connectivity index (χ0) is 31.2. The Morgan fingerprint density at radius 1 is 1.05 bits per heavy atom. The molecule has 1 aromatic carbocycles. The van der Waals surface area contributed by atoms with E-state index in [0.717, 1.165) is 18.5 Å². The van der Waals surface area contributed by atoms with Crippen LogP contribution < -0.4 is 20.7 Å². The van der Waals surface area contributed by atoms with E-state index in [1.165, 1.54) is 6.08 Å². The third-order valence-corrected chi connectivity index (χ3v) is 7.74. The Morgan fingerprint density at radius 3 is 2.33 bits per heavy atom. The summed E-state index contributed by atoms with van der Waals surface area (Å²) in [7, 11) is 1.90. The molecule has 2 N–H and O–H groups in total. The summed E-state index contributed by atoms with van der Waals surface area (Å²) in [5.41, 5.74) is -4.41. The predicted molar refractivity (Wildman–Crippen MR) is 147 cm³/mol. The average molecular weight is 608 g/mol. The molecular formula is C28H27F6N7O2. The number of carbonyl (C=O) groups is 1. The second-order valence-electron chi connectivity index (χ2n) is 10.6. The first kappa shape index (κ1) is 30.1. The normalized spacial score (nSPS) is 19.5. The molecule has 2 aliphatic rings. The van der Waals surface area contributed by atoms with Gasteiger partial charge in [0.25, 0.3) is 5.91 Å². The van der Waals surface area contributed by atoms with Crippen LogP contribution in [0.2, 0.25) is 0 Å². The molecule has 0 aliphatic carbocycles. The minimum atomic E-state index is -5.06. The summed E-state index contributed by atoms with van der Waals surface area (Å²) in [4.78, 5) is 40.0. The van der Waals surface area contributed by atoms with Crippen molar-refractivity contribution in [3.05, 3.63) is 81.3 Å². The van der Waals surface area contributed by atoms with Gasteiger partial charge in [0.05, 0.1) is 34.8 Å². The maximum Gasteiger partial charge on any atom is 0.417 e. The fourth-order valence-corrected chi connectivity index (χ4v) is 5.30. The fraction of sp³-hybridized carbons (Fsp3) is 0.357. The number of rotatable bonds is 5. The van der Waals surface area contributed by atoms with E-state index in [2.05, 4.69) is 20.2 Å². The lowest BCUT2D eigenvalue weighted by Gasteiger charge is -2.44. The number of likely N-dealkylation sites (N-methyl/N-ethyl adjacent to an activating group) is 1. The van der Waals surface area contributed by atoms with Gasteiger partial charge in [0.15, 0.2) is 11.6 Å². The first-order valence-corrected chi connectivity index (χ1v) is 13.3. The lowest BCUT2D eigenvalue weighted by Crippen LogP contribution is -2.55. The molecule has 1 fully saturated rings. The van der Waals surface area contributed by atoms with Crippen molar-refractivity contribution in [2.75, 3.05) is 48.3 Å². The van der Waals surface area contributed by atoms with E-state index in [9.17, 15) is 27.2 Å². The number of halogens is 6. The van der Waals surface area contributed by atoms with Crippen LogP contribution in [0.15, 0.2) is 41.6 Å². The number of aromatic amines is 1. The van der Waals surface area contributed by atoms with Crippen LogP contribution in [0, 0.1) is 17.5 Å².